The molecule has 2 aliphatic rings. The number of nitrogens with zero attached hydrogens (tertiary/aromatic N) is 2. The summed E-state index contributed by atoms with van der Waals surface area (Å²) in [5.41, 5.74) is 1.90. The Bertz CT molecular complexity index is 529. The molecule has 1 aliphatic heterocycles. The molecule has 1 aliphatic carbocycles. The molecule has 1 spiro atoms. The monoisotopic (exact) mass is 275 g/mol. The Morgan fingerprint density at radius 2 is 2.10 bits per heavy atom. The van der Waals surface area contributed by atoms with E-state index in [9.17, 15) is 9.59 Å². The topological polar surface area (TPSA) is 66.1 Å². The van der Waals surface area contributed by atoms with E-state index in [0.29, 0.717) is 13.0 Å². The SMILES string of the molecule is Cc1[nH]ncc1CCCN1C(=O)CC2(CCCC2)C1=O. The van der Waals surface area contributed by atoms with Crippen LogP contribution in [-0.4, -0.2) is 33.5 Å². The maximum atomic E-state index is 12.5. The van der Waals surface area contributed by atoms with E-state index in [4.69, 9.17) is 0 Å². The Balaban J connectivity index is 1.59. The zero-order valence-corrected chi connectivity index (χ0v) is 11.9. The van der Waals surface area contributed by atoms with Gasteiger partial charge in [-0.3, -0.25) is 19.6 Å². The molecule has 0 radical (unpaired) electrons. The Hall–Kier alpha value is -1.65. The highest BCUT2D eigenvalue weighted by molar-refractivity contribution is 6.06. The van der Waals surface area contributed by atoms with Crippen molar-refractivity contribution >= 4 is 11.8 Å². The van der Waals surface area contributed by atoms with Gasteiger partial charge in [0.2, 0.25) is 11.8 Å². The van der Waals surface area contributed by atoms with Gasteiger partial charge in [-0.15, -0.1) is 0 Å². The first-order valence-corrected chi connectivity index (χ1v) is 7.46. The van der Waals surface area contributed by atoms with Crippen molar-refractivity contribution in [2.24, 2.45) is 5.41 Å². The molecule has 2 fully saturated rings. The number of rotatable bonds is 4. The maximum Gasteiger partial charge on any atom is 0.235 e. The molecule has 20 heavy (non-hydrogen) atoms. The highest BCUT2D eigenvalue weighted by Crippen LogP contribution is 2.46. The van der Waals surface area contributed by atoms with E-state index in [0.717, 1.165) is 44.2 Å². The van der Waals surface area contributed by atoms with Crippen LogP contribution in [-0.2, 0) is 16.0 Å². The molecular weight excluding hydrogens is 254 g/mol. The molecule has 1 saturated heterocycles. The number of nitrogens with one attached hydrogen (secondary N) is 1. The molecular formula is C15H21N3O2. The number of carbonyl (C=O) groups excluding carboxylic acids is 2. The van der Waals surface area contributed by atoms with Crippen LogP contribution < -0.4 is 0 Å². The molecule has 108 valence electrons. The third-order valence-corrected chi connectivity index (χ3v) is 4.81. The zero-order valence-electron chi connectivity index (χ0n) is 11.9. The predicted octanol–water partition coefficient (Wildman–Crippen LogP) is 1.97. The number of imide groups is 1. The van der Waals surface area contributed by atoms with E-state index in [1.54, 1.807) is 0 Å². The quantitative estimate of drug-likeness (QED) is 0.854. The summed E-state index contributed by atoms with van der Waals surface area (Å²) in [6.45, 7) is 2.53. The van der Waals surface area contributed by atoms with Gasteiger partial charge in [-0.2, -0.15) is 5.10 Å². The molecule has 1 N–H and O–H groups in total. The summed E-state index contributed by atoms with van der Waals surface area (Å²) in [6, 6.07) is 0. The van der Waals surface area contributed by atoms with Crippen molar-refractivity contribution in [1.82, 2.24) is 15.1 Å². The van der Waals surface area contributed by atoms with Crippen LogP contribution in [0.1, 0.15) is 49.8 Å². The van der Waals surface area contributed by atoms with Crippen molar-refractivity contribution in [2.45, 2.75) is 51.9 Å². The molecule has 1 aromatic rings. The van der Waals surface area contributed by atoms with Crippen LogP contribution in [0.15, 0.2) is 6.20 Å². The molecule has 0 unspecified atom stereocenters. The van der Waals surface area contributed by atoms with Gasteiger partial charge < -0.3 is 0 Å². The number of aromatic nitrogens is 2. The number of carbonyl (C=O) groups is 2. The van der Waals surface area contributed by atoms with Gasteiger partial charge in [-0.05, 0) is 38.2 Å². The second kappa shape index (κ2) is 5.04. The third kappa shape index (κ3) is 2.15. The number of hydrogen-bond acceptors (Lipinski definition) is 3. The Kier molecular flexibility index (Phi) is 3.36. The number of hydrogen-bond donors (Lipinski definition) is 1. The highest BCUT2D eigenvalue weighted by atomic mass is 16.2. The largest absolute Gasteiger partial charge is 0.283 e. The van der Waals surface area contributed by atoms with Crippen LogP contribution in [0.3, 0.4) is 0 Å². The van der Waals surface area contributed by atoms with Crippen molar-refractivity contribution in [3.63, 3.8) is 0 Å². The molecule has 0 bridgehead atoms. The van der Waals surface area contributed by atoms with Crippen molar-refractivity contribution in [1.29, 1.82) is 0 Å². The third-order valence-electron chi connectivity index (χ3n) is 4.81. The van der Waals surface area contributed by atoms with Crippen LogP contribution in [0.2, 0.25) is 0 Å². The van der Waals surface area contributed by atoms with Gasteiger partial charge in [0, 0.05) is 18.7 Å². The van der Waals surface area contributed by atoms with Crippen LogP contribution >= 0.6 is 0 Å². The molecule has 1 saturated carbocycles. The minimum absolute atomic E-state index is 0.0285. The molecule has 5 heteroatoms. The number of H-pyrrole nitrogens is 1. The Morgan fingerprint density at radius 3 is 2.75 bits per heavy atom. The van der Waals surface area contributed by atoms with Crippen LogP contribution in [0.25, 0.3) is 0 Å². The number of aryl methyl sites for hydroxylation is 2. The minimum Gasteiger partial charge on any atom is -0.283 e. The van der Waals surface area contributed by atoms with Gasteiger partial charge >= 0.3 is 0 Å². The van der Waals surface area contributed by atoms with E-state index in [2.05, 4.69) is 10.2 Å². The van der Waals surface area contributed by atoms with E-state index in [1.807, 2.05) is 13.1 Å². The smallest absolute Gasteiger partial charge is 0.235 e. The second-order valence-electron chi connectivity index (χ2n) is 6.14. The first-order valence-electron chi connectivity index (χ1n) is 7.46. The first kappa shape index (κ1) is 13.3. The van der Waals surface area contributed by atoms with E-state index < -0.39 is 0 Å². The van der Waals surface area contributed by atoms with Crippen LogP contribution in [0.4, 0.5) is 0 Å². The molecule has 2 amide bonds. The average Bonchev–Trinajstić information content (AvgIpc) is 3.09. The molecule has 0 atom stereocenters. The fraction of sp³-hybridized carbons (Fsp3) is 0.667. The summed E-state index contributed by atoms with van der Waals surface area (Å²) < 4.78 is 0. The summed E-state index contributed by atoms with van der Waals surface area (Å²) in [6.07, 6.45) is 7.89. The van der Waals surface area contributed by atoms with Gasteiger partial charge in [-0.25, -0.2) is 0 Å². The first-order chi connectivity index (χ1) is 9.62. The van der Waals surface area contributed by atoms with E-state index in [-0.39, 0.29) is 17.2 Å². The highest BCUT2D eigenvalue weighted by Gasteiger charge is 2.52. The van der Waals surface area contributed by atoms with Crippen molar-refractivity contribution < 1.29 is 9.59 Å². The fourth-order valence-corrected chi connectivity index (χ4v) is 3.58. The Labute approximate surface area is 118 Å². The molecule has 5 nitrogen and oxygen atoms in total. The standard InChI is InChI=1S/C15H21N3O2/c1-11-12(10-16-17-11)5-4-8-18-13(19)9-15(14(18)20)6-2-3-7-15/h10H,2-9H2,1H3,(H,16,17). The molecule has 1 aromatic heterocycles. The van der Waals surface area contributed by atoms with Gasteiger partial charge in [-0.1, -0.05) is 12.8 Å². The fourth-order valence-electron chi connectivity index (χ4n) is 3.58. The second-order valence-corrected chi connectivity index (χ2v) is 6.14. The lowest BCUT2D eigenvalue weighted by Crippen LogP contribution is -2.35. The number of aromatic amines is 1. The number of likely N-dealkylation sites (tertiary alicyclic amines) is 1. The van der Waals surface area contributed by atoms with Gasteiger partial charge in [0.15, 0.2) is 0 Å². The number of amides is 2. The van der Waals surface area contributed by atoms with E-state index in [1.165, 1.54) is 10.5 Å². The normalized spacial score (nSPS) is 21.4. The van der Waals surface area contributed by atoms with Crippen LogP contribution in [0.5, 0.6) is 0 Å². The Morgan fingerprint density at radius 1 is 1.35 bits per heavy atom. The summed E-state index contributed by atoms with van der Waals surface area (Å²) in [5, 5.41) is 6.89. The summed E-state index contributed by atoms with van der Waals surface area (Å²) >= 11 is 0. The molecule has 0 aromatic carbocycles. The predicted molar refractivity (Wildman–Crippen MR) is 73.9 cm³/mol. The molecule has 3 rings (SSSR count). The molecule has 2 heterocycles. The summed E-state index contributed by atoms with van der Waals surface area (Å²) in [4.78, 5) is 26.1. The summed E-state index contributed by atoms with van der Waals surface area (Å²) in [7, 11) is 0. The summed E-state index contributed by atoms with van der Waals surface area (Å²) in [5.74, 6) is 0.115. The zero-order chi connectivity index (χ0) is 14.2. The minimum atomic E-state index is -0.331. The lowest BCUT2D eigenvalue weighted by atomic mass is 9.84. The average molecular weight is 275 g/mol. The maximum absolute atomic E-state index is 12.5. The lowest BCUT2D eigenvalue weighted by Gasteiger charge is -2.20. The van der Waals surface area contributed by atoms with Crippen molar-refractivity contribution in [3.8, 4) is 0 Å². The van der Waals surface area contributed by atoms with Crippen molar-refractivity contribution in [3.05, 3.63) is 17.5 Å². The van der Waals surface area contributed by atoms with Crippen LogP contribution in [0, 0.1) is 12.3 Å². The lowest BCUT2D eigenvalue weighted by molar-refractivity contribution is -0.141. The van der Waals surface area contributed by atoms with Crippen molar-refractivity contribution in [2.75, 3.05) is 6.54 Å². The van der Waals surface area contributed by atoms with E-state index >= 15 is 0 Å². The van der Waals surface area contributed by atoms with Gasteiger partial charge in [0.25, 0.3) is 0 Å². The van der Waals surface area contributed by atoms with Gasteiger partial charge in [0.05, 0.1) is 11.6 Å². The van der Waals surface area contributed by atoms with Gasteiger partial charge in [0.1, 0.15) is 0 Å².